The van der Waals surface area contributed by atoms with E-state index in [1.54, 1.807) is 0 Å². The van der Waals surface area contributed by atoms with Crippen LogP contribution in [0.5, 0.6) is 0 Å². The minimum absolute atomic E-state index is 0.264. The Kier molecular flexibility index (Phi) is 4.07. The Hall–Kier alpha value is -1.79. The first-order chi connectivity index (χ1) is 8.58. The molecule has 0 aliphatic heterocycles. The summed E-state index contributed by atoms with van der Waals surface area (Å²) in [6.07, 6.45) is -4.73. The molecule has 0 aliphatic carbocycles. The summed E-state index contributed by atoms with van der Waals surface area (Å²) in [5.74, 6) is 0. The molecule has 104 valence electrons. The van der Waals surface area contributed by atoms with Crippen molar-refractivity contribution in [2.24, 2.45) is 0 Å². The molecule has 0 radical (unpaired) electrons. The first kappa shape index (κ1) is 15.3. The number of nitrogens with one attached hydrogen (secondary N) is 1. The van der Waals surface area contributed by atoms with Gasteiger partial charge in [-0.25, -0.2) is 0 Å². The van der Waals surface area contributed by atoms with Gasteiger partial charge in [0, 0.05) is 14.1 Å². The fraction of sp³-hybridized carbons (Fsp3) is 0.300. The van der Waals surface area contributed by atoms with Crippen molar-refractivity contribution in [3.63, 3.8) is 0 Å². The lowest BCUT2D eigenvalue weighted by atomic mass is 10.1. The van der Waals surface area contributed by atoms with Gasteiger partial charge in [0.15, 0.2) is 0 Å². The maximum Gasteiger partial charge on any atom is 0.417 e. The Bertz CT molecular complexity index is 618. The average Bonchev–Trinajstić information content (AvgIpc) is 2.27. The minimum atomic E-state index is -4.73. The summed E-state index contributed by atoms with van der Waals surface area (Å²) >= 11 is 0. The zero-order valence-electron chi connectivity index (χ0n) is 9.99. The molecule has 0 spiro atoms. The second-order valence-electron chi connectivity index (χ2n) is 3.76. The van der Waals surface area contributed by atoms with Crippen molar-refractivity contribution < 1.29 is 21.6 Å². The molecule has 0 fully saturated rings. The van der Waals surface area contributed by atoms with Crippen molar-refractivity contribution in [3.05, 3.63) is 29.3 Å². The number of anilines is 1. The molecule has 0 amide bonds. The van der Waals surface area contributed by atoms with E-state index >= 15 is 0 Å². The third-order valence-electron chi connectivity index (χ3n) is 2.17. The summed E-state index contributed by atoms with van der Waals surface area (Å²) in [4.78, 5) is 0. The number of nitrogens with zero attached hydrogens (tertiary/aromatic N) is 2. The molecule has 0 atom stereocenters. The first-order valence-electron chi connectivity index (χ1n) is 4.89. The van der Waals surface area contributed by atoms with E-state index in [4.69, 9.17) is 5.26 Å². The number of rotatable bonds is 3. The molecule has 1 aromatic rings. The van der Waals surface area contributed by atoms with Gasteiger partial charge in [0.1, 0.15) is 0 Å². The SMILES string of the molecule is CN(C)S(=O)(=O)Nc1ccc(C#N)c(C(F)(F)F)c1. The summed E-state index contributed by atoms with van der Waals surface area (Å²) in [7, 11) is -1.43. The molecule has 1 N–H and O–H groups in total. The highest BCUT2D eigenvalue weighted by Crippen LogP contribution is 2.33. The Morgan fingerprint density at radius 2 is 1.89 bits per heavy atom. The lowest BCUT2D eigenvalue weighted by Gasteiger charge is -2.15. The van der Waals surface area contributed by atoms with Crippen LogP contribution in [0.3, 0.4) is 0 Å². The van der Waals surface area contributed by atoms with Crippen LogP contribution >= 0.6 is 0 Å². The Labute approximate surface area is 108 Å². The van der Waals surface area contributed by atoms with Gasteiger partial charge in [-0.1, -0.05) is 0 Å². The van der Waals surface area contributed by atoms with Gasteiger partial charge in [0.2, 0.25) is 0 Å². The average molecular weight is 293 g/mol. The lowest BCUT2D eigenvalue weighted by molar-refractivity contribution is -0.137. The highest BCUT2D eigenvalue weighted by atomic mass is 32.2. The van der Waals surface area contributed by atoms with E-state index < -0.39 is 27.5 Å². The van der Waals surface area contributed by atoms with Crippen LogP contribution in [0.1, 0.15) is 11.1 Å². The van der Waals surface area contributed by atoms with Gasteiger partial charge in [-0.05, 0) is 18.2 Å². The van der Waals surface area contributed by atoms with Crippen molar-refractivity contribution in [3.8, 4) is 6.07 Å². The molecular formula is C10H10F3N3O2S. The molecule has 0 aromatic heterocycles. The zero-order valence-corrected chi connectivity index (χ0v) is 10.8. The van der Waals surface area contributed by atoms with Crippen molar-refractivity contribution in [2.45, 2.75) is 6.18 Å². The highest BCUT2D eigenvalue weighted by Gasteiger charge is 2.34. The van der Waals surface area contributed by atoms with E-state index in [0.717, 1.165) is 16.4 Å². The number of halogens is 3. The smallest absolute Gasteiger partial charge is 0.271 e. The van der Waals surface area contributed by atoms with Gasteiger partial charge in [-0.15, -0.1) is 0 Å². The van der Waals surface area contributed by atoms with E-state index in [1.165, 1.54) is 20.2 Å². The van der Waals surface area contributed by atoms with E-state index in [0.29, 0.717) is 6.07 Å². The molecule has 0 saturated heterocycles. The molecule has 0 saturated carbocycles. The lowest BCUT2D eigenvalue weighted by Crippen LogP contribution is -2.29. The monoisotopic (exact) mass is 293 g/mol. The van der Waals surface area contributed by atoms with E-state index in [9.17, 15) is 21.6 Å². The van der Waals surface area contributed by atoms with Crippen LogP contribution in [0.2, 0.25) is 0 Å². The van der Waals surface area contributed by atoms with Crippen LogP contribution in [0, 0.1) is 11.3 Å². The topological polar surface area (TPSA) is 73.2 Å². The first-order valence-corrected chi connectivity index (χ1v) is 6.33. The van der Waals surface area contributed by atoms with Crippen LogP contribution in [-0.2, 0) is 16.4 Å². The van der Waals surface area contributed by atoms with Gasteiger partial charge in [0.05, 0.1) is 22.9 Å². The second kappa shape index (κ2) is 5.07. The second-order valence-corrected chi connectivity index (χ2v) is 5.64. The molecule has 1 rings (SSSR count). The van der Waals surface area contributed by atoms with Crippen molar-refractivity contribution in [2.75, 3.05) is 18.8 Å². The Morgan fingerprint density at radius 1 is 1.32 bits per heavy atom. The van der Waals surface area contributed by atoms with E-state index in [-0.39, 0.29) is 5.69 Å². The van der Waals surface area contributed by atoms with Crippen LogP contribution in [0.15, 0.2) is 18.2 Å². The van der Waals surface area contributed by atoms with Crippen LogP contribution < -0.4 is 4.72 Å². The van der Waals surface area contributed by atoms with Crippen LogP contribution in [0.25, 0.3) is 0 Å². The molecule has 0 aliphatic rings. The summed E-state index contributed by atoms with van der Waals surface area (Å²) in [5, 5.41) is 8.60. The summed E-state index contributed by atoms with van der Waals surface area (Å²) in [6, 6.07) is 4.00. The maximum absolute atomic E-state index is 12.7. The number of alkyl halides is 3. The molecule has 5 nitrogen and oxygen atoms in total. The molecule has 19 heavy (non-hydrogen) atoms. The fourth-order valence-corrected chi connectivity index (χ4v) is 1.79. The van der Waals surface area contributed by atoms with Gasteiger partial charge >= 0.3 is 16.4 Å². The predicted molar refractivity (Wildman–Crippen MR) is 62.4 cm³/mol. The normalized spacial score (nSPS) is 12.3. The molecule has 9 heteroatoms. The van der Waals surface area contributed by atoms with E-state index in [2.05, 4.69) is 0 Å². The zero-order chi connectivity index (χ0) is 14.8. The fourth-order valence-electron chi connectivity index (χ4n) is 1.18. The van der Waals surface area contributed by atoms with Crippen LogP contribution in [-0.4, -0.2) is 26.8 Å². The Morgan fingerprint density at radius 3 is 2.32 bits per heavy atom. The Balaban J connectivity index is 3.25. The molecule has 0 heterocycles. The maximum atomic E-state index is 12.7. The van der Waals surface area contributed by atoms with E-state index in [1.807, 2.05) is 4.72 Å². The third kappa shape index (κ3) is 3.59. The minimum Gasteiger partial charge on any atom is -0.271 e. The van der Waals surface area contributed by atoms with Gasteiger partial charge in [-0.2, -0.15) is 31.2 Å². The number of nitriles is 1. The number of benzene rings is 1. The number of hydrogen-bond donors (Lipinski definition) is 1. The van der Waals surface area contributed by atoms with Crippen molar-refractivity contribution in [1.82, 2.24) is 4.31 Å². The van der Waals surface area contributed by atoms with Gasteiger partial charge in [0.25, 0.3) is 0 Å². The quantitative estimate of drug-likeness (QED) is 0.923. The van der Waals surface area contributed by atoms with Crippen LogP contribution in [0.4, 0.5) is 18.9 Å². The largest absolute Gasteiger partial charge is 0.417 e. The molecule has 1 aromatic carbocycles. The summed E-state index contributed by atoms with van der Waals surface area (Å²) in [5.41, 5.74) is -2.02. The van der Waals surface area contributed by atoms with Crippen molar-refractivity contribution >= 4 is 15.9 Å². The summed E-state index contributed by atoms with van der Waals surface area (Å²) < 4.78 is 63.8. The third-order valence-corrected chi connectivity index (χ3v) is 3.63. The highest BCUT2D eigenvalue weighted by molar-refractivity contribution is 7.90. The predicted octanol–water partition coefficient (Wildman–Crippen LogP) is 1.80. The summed E-state index contributed by atoms with van der Waals surface area (Å²) in [6.45, 7) is 0. The molecular weight excluding hydrogens is 283 g/mol. The molecule has 0 unspecified atom stereocenters. The standard InChI is InChI=1S/C10H10F3N3O2S/c1-16(2)19(17,18)15-8-4-3-7(6-14)9(5-8)10(11,12)13/h3-5,15H,1-2H3. The number of hydrogen-bond acceptors (Lipinski definition) is 3. The van der Waals surface area contributed by atoms with Gasteiger partial charge < -0.3 is 0 Å². The molecule has 0 bridgehead atoms. The van der Waals surface area contributed by atoms with Crippen molar-refractivity contribution in [1.29, 1.82) is 5.26 Å². The van der Waals surface area contributed by atoms with Gasteiger partial charge in [-0.3, -0.25) is 4.72 Å².